The molecule has 1 amide bonds. The van der Waals surface area contributed by atoms with Crippen molar-refractivity contribution in [3.8, 4) is 0 Å². The summed E-state index contributed by atoms with van der Waals surface area (Å²) in [5.74, 6) is 1.91. The van der Waals surface area contributed by atoms with Gasteiger partial charge in [-0.1, -0.05) is 25.9 Å². The van der Waals surface area contributed by atoms with Crippen LogP contribution in [0.1, 0.15) is 77.7 Å². The van der Waals surface area contributed by atoms with Gasteiger partial charge in [-0.2, -0.15) is 0 Å². The average molecular weight is 493 g/mol. The molecule has 0 saturated carbocycles. The quantitative estimate of drug-likeness (QED) is 0.249. The summed E-state index contributed by atoms with van der Waals surface area (Å²) in [6.45, 7) is 12.1. The minimum Gasteiger partial charge on any atom is -0.359 e. The third-order valence-corrected chi connectivity index (χ3v) is 4.38. The number of carbonyl (C=O) groups excluding carboxylic acids is 1. The van der Waals surface area contributed by atoms with Gasteiger partial charge < -0.3 is 20.5 Å². The smallest absolute Gasteiger partial charge is 0.221 e. The van der Waals surface area contributed by atoms with Crippen LogP contribution in [0, 0.1) is 0 Å². The van der Waals surface area contributed by atoms with Crippen molar-refractivity contribution in [3.63, 3.8) is 0 Å². The van der Waals surface area contributed by atoms with E-state index in [2.05, 4.69) is 46.9 Å². The highest BCUT2D eigenvalue weighted by molar-refractivity contribution is 14.0. The van der Waals surface area contributed by atoms with Gasteiger partial charge in [0.05, 0.1) is 5.69 Å². The molecule has 1 atom stereocenters. The van der Waals surface area contributed by atoms with Crippen LogP contribution in [0.2, 0.25) is 0 Å². The number of aromatic nitrogens is 1. The molecule has 8 heteroatoms. The molecule has 0 bridgehead atoms. The maximum Gasteiger partial charge on any atom is 0.221 e. The Kier molecular flexibility index (Phi) is 14.0. The fourth-order valence-corrected chi connectivity index (χ4v) is 2.55. The third-order valence-electron chi connectivity index (χ3n) is 4.38. The van der Waals surface area contributed by atoms with E-state index in [0.717, 1.165) is 37.3 Å². The van der Waals surface area contributed by atoms with Crippen LogP contribution in [-0.4, -0.2) is 36.2 Å². The molecule has 1 unspecified atom stereocenters. The van der Waals surface area contributed by atoms with Crippen molar-refractivity contribution in [1.29, 1.82) is 0 Å². The lowest BCUT2D eigenvalue weighted by molar-refractivity contribution is -0.121. The molecule has 0 spiro atoms. The maximum atomic E-state index is 11.8. The predicted molar refractivity (Wildman–Crippen MR) is 121 cm³/mol. The first-order valence-corrected chi connectivity index (χ1v) is 9.80. The molecule has 27 heavy (non-hydrogen) atoms. The van der Waals surface area contributed by atoms with Gasteiger partial charge in [0.15, 0.2) is 11.7 Å². The molecule has 156 valence electrons. The van der Waals surface area contributed by atoms with Crippen LogP contribution in [0.15, 0.2) is 15.6 Å². The van der Waals surface area contributed by atoms with Gasteiger partial charge in [0.2, 0.25) is 5.91 Å². The summed E-state index contributed by atoms with van der Waals surface area (Å²) < 4.78 is 5.40. The lowest BCUT2D eigenvalue weighted by Gasteiger charge is -2.13. The molecule has 1 heterocycles. The number of guanidine groups is 1. The zero-order valence-electron chi connectivity index (χ0n) is 17.3. The number of nitrogens with zero attached hydrogens (tertiary/aromatic N) is 2. The van der Waals surface area contributed by atoms with Gasteiger partial charge in [-0.15, -0.1) is 24.0 Å². The number of carbonyl (C=O) groups is 1. The highest BCUT2D eigenvalue weighted by atomic mass is 127. The fourth-order valence-electron chi connectivity index (χ4n) is 2.55. The minimum atomic E-state index is 0. The van der Waals surface area contributed by atoms with E-state index in [-0.39, 0.29) is 35.9 Å². The molecule has 0 fully saturated rings. The monoisotopic (exact) mass is 493 g/mol. The summed E-state index contributed by atoms with van der Waals surface area (Å²) in [7, 11) is 0. The summed E-state index contributed by atoms with van der Waals surface area (Å²) in [6.07, 6.45) is 3.44. The molecule has 7 nitrogen and oxygen atoms in total. The van der Waals surface area contributed by atoms with Crippen molar-refractivity contribution in [2.45, 2.75) is 78.8 Å². The second kappa shape index (κ2) is 14.7. The van der Waals surface area contributed by atoms with Gasteiger partial charge in [-0.05, 0) is 33.1 Å². The highest BCUT2D eigenvalue weighted by Crippen LogP contribution is 2.22. The van der Waals surface area contributed by atoms with Crippen molar-refractivity contribution >= 4 is 35.8 Å². The van der Waals surface area contributed by atoms with Crippen LogP contribution in [0.5, 0.6) is 0 Å². The molecule has 3 N–H and O–H groups in total. The van der Waals surface area contributed by atoms with Crippen molar-refractivity contribution in [3.05, 3.63) is 17.5 Å². The second-order valence-electron chi connectivity index (χ2n) is 6.48. The van der Waals surface area contributed by atoms with E-state index in [0.29, 0.717) is 31.4 Å². The summed E-state index contributed by atoms with van der Waals surface area (Å²) in [4.78, 5) is 16.3. The Hall–Kier alpha value is -1.32. The minimum absolute atomic E-state index is 0. The van der Waals surface area contributed by atoms with Gasteiger partial charge in [0, 0.05) is 37.5 Å². The van der Waals surface area contributed by atoms with Crippen LogP contribution in [0.4, 0.5) is 0 Å². The molecule has 0 aliphatic heterocycles. The summed E-state index contributed by atoms with van der Waals surface area (Å²) in [5.41, 5.74) is 1.000. The number of nitrogens with one attached hydrogen (secondary N) is 3. The van der Waals surface area contributed by atoms with Crippen LogP contribution in [0.25, 0.3) is 0 Å². The first-order chi connectivity index (χ1) is 12.5. The number of amides is 1. The van der Waals surface area contributed by atoms with Crippen LogP contribution >= 0.6 is 24.0 Å². The first-order valence-electron chi connectivity index (χ1n) is 9.80. The van der Waals surface area contributed by atoms with E-state index in [1.165, 1.54) is 0 Å². The average Bonchev–Trinajstić information content (AvgIpc) is 3.09. The molecule has 0 aromatic carbocycles. The van der Waals surface area contributed by atoms with Crippen molar-refractivity contribution in [2.24, 2.45) is 4.99 Å². The topological polar surface area (TPSA) is 91.6 Å². The zero-order valence-corrected chi connectivity index (χ0v) is 19.6. The van der Waals surface area contributed by atoms with E-state index >= 15 is 0 Å². The van der Waals surface area contributed by atoms with Crippen molar-refractivity contribution < 1.29 is 9.32 Å². The number of hydrogen-bond donors (Lipinski definition) is 3. The van der Waals surface area contributed by atoms with Gasteiger partial charge in [-0.3, -0.25) is 4.79 Å². The fraction of sp³-hybridized carbons (Fsp3) is 0.737. The summed E-state index contributed by atoms with van der Waals surface area (Å²) in [5, 5.41) is 13.5. The van der Waals surface area contributed by atoms with Gasteiger partial charge >= 0.3 is 0 Å². The Labute approximate surface area is 180 Å². The summed E-state index contributed by atoms with van der Waals surface area (Å²) in [6, 6.07) is 2.20. The normalized spacial score (nSPS) is 12.4. The lowest BCUT2D eigenvalue weighted by atomic mass is 9.99. The third kappa shape index (κ3) is 9.97. The van der Waals surface area contributed by atoms with Crippen LogP contribution in [-0.2, 0) is 11.3 Å². The standard InChI is InChI=1S/C19H35N5O2.HI/c1-6-14(5)23-18(25)10-11-21-19(20-9-4)22-13-16-12-17(24-26-16)15(7-2)8-3;/h12,14-15H,6-11,13H2,1-5H3,(H,23,25)(H2,20,21,22);1H. The Morgan fingerprint density at radius 3 is 2.48 bits per heavy atom. The molecule has 0 aliphatic rings. The van der Waals surface area contributed by atoms with E-state index < -0.39 is 0 Å². The first kappa shape index (κ1) is 25.7. The van der Waals surface area contributed by atoms with E-state index in [9.17, 15) is 4.79 Å². The van der Waals surface area contributed by atoms with Gasteiger partial charge in [-0.25, -0.2) is 4.99 Å². The van der Waals surface area contributed by atoms with Gasteiger partial charge in [0.1, 0.15) is 6.54 Å². The maximum absolute atomic E-state index is 11.8. The molecule has 0 saturated heterocycles. The lowest BCUT2D eigenvalue weighted by Crippen LogP contribution is -2.40. The number of rotatable bonds is 11. The molecule has 1 aromatic rings. The van der Waals surface area contributed by atoms with E-state index in [4.69, 9.17) is 4.52 Å². The Balaban J connectivity index is 0.00000676. The Morgan fingerprint density at radius 2 is 1.89 bits per heavy atom. The van der Waals surface area contributed by atoms with Crippen molar-refractivity contribution in [2.75, 3.05) is 13.1 Å². The van der Waals surface area contributed by atoms with E-state index in [1.54, 1.807) is 0 Å². The van der Waals surface area contributed by atoms with E-state index in [1.807, 2.05) is 19.9 Å². The SMILES string of the molecule is CCNC(=NCc1cc(C(CC)CC)no1)NCCC(=O)NC(C)CC.I. The Morgan fingerprint density at radius 1 is 1.19 bits per heavy atom. The van der Waals surface area contributed by atoms with Gasteiger partial charge in [0.25, 0.3) is 0 Å². The molecule has 0 aliphatic carbocycles. The van der Waals surface area contributed by atoms with Crippen LogP contribution in [0.3, 0.4) is 0 Å². The molecule has 0 radical (unpaired) electrons. The summed E-state index contributed by atoms with van der Waals surface area (Å²) >= 11 is 0. The zero-order chi connectivity index (χ0) is 19.4. The molecule has 1 aromatic heterocycles. The predicted octanol–water partition coefficient (Wildman–Crippen LogP) is 3.56. The number of hydrogen-bond acceptors (Lipinski definition) is 4. The molecular formula is C19H36IN5O2. The van der Waals surface area contributed by atoms with Crippen molar-refractivity contribution in [1.82, 2.24) is 21.1 Å². The molecular weight excluding hydrogens is 457 g/mol. The molecule has 1 rings (SSSR count). The second-order valence-corrected chi connectivity index (χ2v) is 6.48. The largest absolute Gasteiger partial charge is 0.359 e. The number of aliphatic imine (C=N–C) groups is 1. The number of halogens is 1. The highest BCUT2D eigenvalue weighted by Gasteiger charge is 2.13. The van der Waals surface area contributed by atoms with Crippen LogP contribution < -0.4 is 16.0 Å². The Bertz CT molecular complexity index is 558.